The Labute approximate surface area is 165 Å². The van der Waals surface area contributed by atoms with Crippen LogP contribution in [-0.4, -0.2) is 26.1 Å². The second-order valence-corrected chi connectivity index (χ2v) is 8.59. The molecule has 6 nitrogen and oxygen atoms in total. The molecular formula is C16H13Cl2N3O3S2. The van der Waals surface area contributed by atoms with Gasteiger partial charge in [-0.05, 0) is 42.7 Å². The molecule has 0 spiro atoms. The summed E-state index contributed by atoms with van der Waals surface area (Å²) in [4.78, 5) is 3.81. The van der Waals surface area contributed by atoms with Crippen molar-refractivity contribution in [1.82, 2.24) is 0 Å². The molecule has 0 saturated carbocycles. The molecule has 0 aliphatic heterocycles. The number of ether oxygens (including phenoxy) is 1. The Kier molecular flexibility index (Phi) is 6.78. The minimum atomic E-state index is -3.29. The summed E-state index contributed by atoms with van der Waals surface area (Å²) in [7, 11) is -3.29. The number of nitrogens with zero attached hydrogens (tertiary/aromatic N) is 2. The Hall–Kier alpha value is -1.92. The van der Waals surface area contributed by atoms with Gasteiger partial charge in [-0.2, -0.15) is 5.26 Å². The van der Waals surface area contributed by atoms with Crippen LogP contribution < -0.4 is 10.1 Å². The maximum absolute atomic E-state index is 11.5. The molecule has 0 bridgehead atoms. The van der Waals surface area contributed by atoms with Crippen LogP contribution >= 0.6 is 35.0 Å². The highest BCUT2D eigenvalue weighted by atomic mass is 35.5. The van der Waals surface area contributed by atoms with Gasteiger partial charge in [0.25, 0.3) is 0 Å². The number of anilines is 1. The molecule has 0 aliphatic carbocycles. The van der Waals surface area contributed by atoms with Crippen molar-refractivity contribution < 1.29 is 13.2 Å². The number of sulfone groups is 1. The number of benzene rings is 2. The van der Waals surface area contributed by atoms with Crippen LogP contribution in [-0.2, 0) is 9.84 Å². The molecule has 0 fully saturated rings. The molecule has 0 radical (unpaired) electrons. The number of nitrogens with one attached hydrogen (secondary N) is 1. The van der Waals surface area contributed by atoms with E-state index in [4.69, 9.17) is 33.2 Å². The molecule has 0 aromatic heterocycles. The molecule has 0 saturated heterocycles. The van der Waals surface area contributed by atoms with Gasteiger partial charge in [-0.1, -0.05) is 35.0 Å². The van der Waals surface area contributed by atoms with Gasteiger partial charge in [-0.3, -0.25) is 0 Å². The fourth-order valence-electron chi connectivity index (χ4n) is 1.90. The summed E-state index contributed by atoms with van der Waals surface area (Å²) in [6, 6.07) is 9.06. The Balaban J connectivity index is 2.26. The van der Waals surface area contributed by atoms with E-state index in [2.05, 4.69) is 10.3 Å². The molecule has 0 unspecified atom stereocenters. The van der Waals surface area contributed by atoms with E-state index in [1.807, 2.05) is 0 Å². The summed E-state index contributed by atoms with van der Waals surface area (Å²) in [5.41, 5.74) is 0.545. The minimum Gasteiger partial charge on any atom is -0.454 e. The molecule has 0 atom stereocenters. The van der Waals surface area contributed by atoms with Crippen molar-refractivity contribution in [2.24, 2.45) is 4.99 Å². The molecule has 0 aliphatic rings. The van der Waals surface area contributed by atoms with E-state index in [1.165, 1.54) is 36.0 Å². The average molecular weight is 430 g/mol. The quantitative estimate of drug-likeness (QED) is 0.426. The van der Waals surface area contributed by atoms with Gasteiger partial charge in [0.2, 0.25) is 6.19 Å². The number of halogens is 2. The number of amidine groups is 1. The smallest absolute Gasteiger partial charge is 0.208 e. The molecule has 2 rings (SSSR count). The van der Waals surface area contributed by atoms with Crippen LogP contribution in [0.3, 0.4) is 0 Å². The van der Waals surface area contributed by atoms with E-state index in [0.717, 1.165) is 6.26 Å². The topological polar surface area (TPSA) is 91.5 Å². The lowest BCUT2D eigenvalue weighted by Gasteiger charge is -2.13. The molecule has 10 heteroatoms. The first-order valence-corrected chi connectivity index (χ1v) is 10.9. The number of nitriles is 1. The SMILES string of the molecule is CS/C(=N/C#N)Nc1cc(Cl)c(Oc2ccc(S(C)(=O)=O)cc2)c(Cl)c1. The summed E-state index contributed by atoms with van der Waals surface area (Å²) in [6.45, 7) is 0. The first-order chi connectivity index (χ1) is 12.2. The van der Waals surface area contributed by atoms with Crippen molar-refractivity contribution in [1.29, 1.82) is 5.26 Å². The fraction of sp³-hybridized carbons (Fsp3) is 0.125. The lowest BCUT2D eigenvalue weighted by atomic mass is 10.3. The molecular weight excluding hydrogens is 417 g/mol. The summed E-state index contributed by atoms with van der Waals surface area (Å²) in [5, 5.41) is 12.4. The standard InChI is InChI=1S/C16H13Cl2N3O3S2/c1-25-16(20-9-19)21-10-7-13(17)15(14(18)8-10)24-11-3-5-12(6-4-11)26(2,22)23/h3-8H,1-2H3,(H,20,21). The molecule has 0 heterocycles. The normalized spacial score (nSPS) is 11.7. The van der Waals surface area contributed by atoms with Crippen LogP contribution in [0.25, 0.3) is 0 Å². The summed E-state index contributed by atoms with van der Waals surface area (Å²) in [5.74, 6) is 0.617. The molecule has 1 N–H and O–H groups in total. The predicted octanol–water partition coefficient (Wildman–Crippen LogP) is 4.80. The van der Waals surface area contributed by atoms with Gasteiger partial charge in [-0.15, -0.1) is 4.99 Å². The molecule has 2 aromatic rings. The second-order valence-electron chi connectivity index (χ2n) is 4.96. The molecule has 26 heavy (non-hydrogen) atoms. The molecule has 136 valence electrons. The molecule has 0 amide bonds. The predicted molar refractivity (Wildman–Crippen MR) is 106 cm³/mol. The van der Waals surface area contributed by atoms with Crippen molar-refractivity contribution in [3.8, 4) is 17.7 Å². The lowest BCUT2D eigenvalue weighted by molar-refractivity contribution is 0.482. The summed E-state index contributed by atoms with van der Waals surface area (Å²) >= 11 is 13.7. The number of hydrogen-bond donors (Lipinski definition) is 1. The van der Waals surface area contributed by atoms with Crippen LogP contribution in [0, 0.1) is 11.5 Å². The van der Waals surface area contributed by atoms with Crippen LogP contribution in [0.15, 0.2) is 46.3 Å². The van der Waals surface area contributed by atoms with Crippen molar-refractivity contribution in [2.45, 2.75) is 4.90 Å². The fourth-order valence-corrected chi connectivity index (χ4v) is 3.44. The van der Waals surface area contributed by atoms with E-state index >= 15 is 0 Å². The summed E-state index contributed by atoms with van der Waals surface area (Å²) in [6.07, 6.45) is 4.59. The first kappa shape index (κ1) is 20.4. The maximum Gasteiger partial charge on any atom is 0.208 e. The van der Waals surface area contributed by atoms with Gasteiger partial charge in [0.05, 0.1) is 14.9 Å². The highest BCUT2D eigenvalue weighted by Gasteiger charge is 2.13. The van der Waals surface area contributed by atoms with Crippen molar-refractivity contribution in [3.05, 3.63) is 46.4 Å². The van der Waals surface area contributed by atoms with E-state index in [1.54, 1.807) is 24.6 Å². The van der Waals surface area contributed by atoms with Gasteiger partial charge in [-0.25, -0.2) is 8.42 Å². The van der Waals surface area contributed by atoms with Gasteiger partial charge in [0.1, 0.15) is 5.75 Å². The van der Waals surface area contributed by atoms with E-state index in [0.29, 0.717) is 16.6 Å². The van der Waals surface area contributed by atoms with E-state index in [-0.39, 0.29) is 20.7 Å². The maximum atomic E-state index is 11.5. The largest absolute Gasteiger partial charge is 0.454 e. The second kappa shape index (κ2) is 8.64. The number of aliphatic imine (C=N–C) groups is 1. The zero-order chi connectivity index (χ0) is 19.3. The van der Waals surface area contributed by atoms with Crippen LogP contribution in [0.2, 0.25) is 10.0 Å². The average Bonchev–Trinajstić information content (AvgIpc) is 2.57. The number of rotatable bonds is 4. The number of thioether (sulfide) groups is 1. The minimum absolute atomic E-state index is 0.183. The highest BCUT2D eigenvalue weighted by molar-refractivity contribution is 8.13. The Morgan fingerprint density at radius 1 is 1.23 bits per heavy atom. The van der Waals surface area contributed by atoms with E-state index < -0.39 is 9.84 Å². The van der Waals surface area contributed by atoms with Gasteiger partial charge in [0, 0.05) is 11.9 Å². The Morgan fingerprint density at radius 3 is 2.27 bits per heavy atom. The third-order valence-electron chi connectivity index (χ3n) is 3.07. The Morgan fingerprint density at radius 2 is 1.81 bits per heavy atom. The van der Waals surface area contributed by atoms with Crippen molar-refractivity contribution in [2.75, 3.05) is 17.8 Å². The molecule has 2 aromatic carbocycles. The monoisotopic (exact) mass is 429 g/mol. The first-order valence-electron chi connectivity index (χ1n) is 6.99. The lowest BCUT2D eigenvalue weighted by Crippen LogP contribution is -2.06. The van der Waals surface area contributed by atoms with Crippen LogP contribution in [0.5, 0.6) is 11.5 Å². The van der Waals surface area contributed by atoms with Gasteiger partial charge in [0.15, 0.2) is 20.8 Å². The van der Waals surface area contributed by atoms with Crippen LogP contribution in [0.1, 0.15) is 0 Å². The third kappa shape index (κ3) is 5.29. The number of hydrogen-bond acceptors (Lipinski definition) is 6. The summed E-state index contributed by atoms with van der Waals surface area (Å²) < 4.78 is 28.6. The third-order valence-corrected chi connectivity index (χ3v) is 5.34. The van der Waals surface area contributed by atoms with Crippen molar-refractivity contribution >= 4 is 55.7 Å². The van der Waals surface area contributed by atoms with Gasteiger partial charge >= 0.3 is 0 Å². The van der Waals surface area contributed by atoms with Crippen molar-refractivity contribution in [3.63, 3.8) is 0 Å². The Bertz CT molecular complexity index is 962. The van der Waals surface area contributed by atoms with E-state index in [9.17, 15) is 8.42 Å². The zero-order valence-electron chi connectivity index (χ0n) is 13.7. The highest BCUT2D eigenvalue weighted by Crippen LogP contribution is 2.39. The van der Waals surface area contributed by atoms with Gasteiger partial charge < -0.3 is 10.1 Å². The zero-order valence-corrected chi connectivity index (χ0v) is 16.8. The van der Waals surface area contributed by atoms with Crippen LogP contribution in [0.4, 0.5) is 5.69 Å².